The Bertz CT molecular complexity index is 1250. The predicted molar refractivity (Wildman–Crippen MR) is 111 cm³/mol. The van der Waals surface area contributed by atoms with Crippen LogP contribution in [0, 0.1) is 6.92 Å². The summed E-state index contributed by atoms with van der Waals surface area (Å²) in [5.74, 6) is 0. The zero-order valence-corrected chi connectivity index (χ0v) is 15.1. The molecule has 0 radical (unpaired) electrons. The highest BCUT2D eigenvalue weighted by Crippen LogP contribution is 2.32. The van der Waals surface area contributed by atoms with Crippen molar-refractivity contribution in [3.63, 3.8) is 0 Å². The van der Waals surface area contributed by atoms with Crippen LogP contribution in [0.3, 0.4) is 0 Å². The summed E-state index contributed by atoms with van der Waals surface area (Å²) in [5, 5.41) is 2.30. The smallest absolute Gasteiger partial charge is 0.135 e. The number of nitrogens with zero attached hydrogens (tertiary/aromatic N) is 1. The van der Waals surface area contributed by atoms with Crippen LogP contribution in [0.2, 0.25) is 0 Å². The van der Waals surface area contributed by atoms with Crippen molar-refractivity contribution in [2.75, 3.05) is 0 Å². The molecular formula is C25H19NO. The maximum absolute atomic E-state index is 5.98. The van der Waals surface area contributed by atoms with Gasteiger partial charge in [-0.05, 0) is 66.9 Å². The summed E-state index contributed by atoms with van der Waals surface area (Å²) < 4.78 is 5.98. The van der Waals surface area contributed by atoms with E-state index in [0.717, 1.165) is 39.6 Å². The highest BCUT2D eigenvalue weighted by Gasteiger charge is 2.10. The molecule has 0 unspecified atom stereocenters. The molecule has 0 amide bonds. The Morgan fingerprint density at radius 1 is 0.741 bits per heavy atom. The lowest BCUT2D eigenvalue weighted by atomic mass is 10.0. The van der Waals surface area contributed by atoms with Gasteiger partial charge in [0.25, 0.3) is 0 Å². The Kier molecular flexibility index (Phi) is 3.75. The zero-order valence-electron chi connectivity index (χ0n) is 15.1. The molecule has 27 heavy (non-hydrogen) atoms. The molecular weight excluding hydrogens is 330 g/mol. The fraction of sp³-hybridized carbons (Fsp3) is 0.0800. The predicted octanol–water partition coefficient (Wildman–Crippen LogP) is 6.55. The molecule has 3 aromatic carbocycles. The maximum Gasteiger partial charge on any atom is 0.135 e. The monoisotopic (exact) mass is 349 g/mol. The Morgan fingerprint density at radius 2 is 1.52 bits per heavy atom. The molecule has 5 aromatic rings. The molecule has 5 rings (SSSR count). The average Bonchev–Trinajstić information content (AvgIpc) is 3.06. The van der Waals surface area contributed by atoms with Gasteiger partial charge in [0.15, 0.2) is 0 Å². The van der Waals surface area contributed by atoms with Crippen LogP contribution < -0.4 is 0 Å². The fourth-order valence-corrected chi connectivity index (χ4v) is 3.62. The first kappa shape index (κ1) is 15.8. The van der Waals surface area contributed by atoms with Crippen molar-refractivity contribution in [2.45, 2.75) is 13.3 Å². The molecule has 0 fully saturated rings. The molecule has 0 atom stereocenters. The molecule has 0 saturated heterocycles. The highest BCUT2D eigenvalue weighted by molar-refractivity contribution is 6.06. The lowest BCUT2D eigenvalue weighted by Gasteiger charge is -2.06. The van der Waals surface area contributed by atoms with Gasteiger partial charge in [-0.25, -0.2) is 0 Å². The van der Waals surface area contributed by atoms with Gasteiger partial charge >= 0.3 is 0 Å². The first-order valence-electron chi connectivity index (χ1n) is 9.18. The fourth-order valence-electron chi connectivity index (χ4n) is 3.62. The number of benzene rings is 3. The molecule has 2 aromatic heterocycles. The number of fused-ring (bicyclic) bond motifs is 3. The van der Waals surface area contributed by atoms with Crippen LogP contribution in [0.25, 0.3) is 33.2 Å². The number of aryl methyl sites for hydroxylation is 1. The molecule has 0 aliphatic rings. The van der Waals surface area contributed by atoms with Crippen LogP contribution in [-0.2, 0) is 6.42 Å². The number of furan rings is 1. The minimum absolute atomic E-state index is 0.909. The second kappa shape index (κ2) is 6.40. The summed E-state index contributed by atoms with van der Waals surface area (Å²) in [4.78, 5) is 4.61. The molecule has 0 aliphatic heterocycles. The van der Waals surface area contributed by atoms with Crippen molar-refractivity contribution in [1.82, 2.24) is 4.98 Å². The second-order valence-electron chi connectivity index (χ2n) is 7.02. The molecule has 0 N–H and O–H groups in total. The average molecular weight is 349 g/mol. The van der Waals surface area contributed by atoms with Crippen molar-refractivity contribution in [3.8, 4) is 11.3 Å². The molecule has 2 heteroatoms. The molecule has 0 aliphatic carbocycles. The first-order chi connectivity index (χ1) is 13.3. The highest BCUT2D eigenvalue weighted by atomic mass is 16.3. The summed E-state index contributed by atoms with van der Waals surface area (Å²) >= 11 is 0. The Morgan fingerprint density at radius 3 is 2.37 bits per heavy atom. The minimum Gasteiger partial charge on any atom is -0.456 e. The molecule has 0 spiro atoms. The third kappa shape index (κ3) is 3.00. The van der Waals surface area contributed by atoms with Crippen LogP contribution in [0.5, 0.6) is 0 Å². The SMILES string of the molecule is Cc1ccc2oc3ccc(-c4cc(Cc5ccccc5)ccn4)cc3c2c1. The largest absolute Gasteiger partial charge is 0.456 e. The van der Waals surface area contributed by atoms with E-state index in [9.17, 15) is 0 Å². The van der Waals surface area contributed by atoms with Gasteiger partial charge in [-0.1, -0.05) is 42.0 Å². The van der Waals surface area contributed by atoms with Crippen molar-refractivity contribution in [3.05, 3.63) is 102 Å². The third-order valence-electron chi connectivity index (χ3n) is 5.00. The van der Waals surface area contributed by atoms with Crippen molar-refractivity contribution in [1.29, 1.82) is 0 Å². The summed E-state index contributed by atoms with van der Waals surface area (Å²) in [5.41, 5.74) is 7.76. The Balaban J connectivity index is 1.58. The van der Waals surface area contributed by atoms with E-state index in [2.05, 4.69) is 72.6 Å². The van der Waals surface area contributed by atoms with E-state index in [1.807, 2.05) is 24.4 Å². The van der Waals surface area contributed by atoms with Gasteiger partial charge < -0.3 is 4.42 Å². The number of pyridine rings is 1. The quantitative estimate of drug-likeness (QED) is 0.369. The lowest BCUT2D eigenvalue weighted by molar-refractivity contribution is 0.669. The lowest BCUT2D eigenvalue weighted by Crippen LogP contribution is -1.91. The Labute approximate surface area is 158 Å². The minimum atomic E-state index is 0.909. The van der Waals surface area contributed by atoms with E-state index >= 15 is 0 Å². The van der Waals surface area contributed by atoms with Crippen molar-refractivity contribution >= 4 is 21.9 Å². The Hall–Kier alpha value is -3.39. The standard InChI is InChI=1S/C25H19NO/c1-17-7-9-24-21(13-17)22-16-20(8-10-25(22)27-24)23-15-19(11-12-26-23)14-18-5-3-2-4-6-18/h2-13,15-16H,14H2,1H3. The topological polar surface area (TPSA) is 26.0 Å². The number of hydrogen-bond donors (Lipinski definition) is 0. The van der Waals surface area contributed by atoms with Crippen LogP contribution in [0.15, 0.2) is 89.5 Å². The maximum atomic E-state index is 5.98. The van der Waals surface area contributed by atoms with Gasteiger partial charge in [-0.3, -0.25) is 4.98 Å². The van der Waals surface area contributed by atoms with Gasteiger partial charge in [-0.15, -0.1) is 0 Å². The molecule has 2 heterocycles. The van der Waals surface area contributed by atoms with Crippen LogP contribution in [0.1, 0.15) is 16.7 Å². The van der Waals surface area contributed by atoms with E-state index in [4.69, 9.17) is 4.42 Å². The summed E-state index contributed by atoms with van der Waals surface area (Å²) in [7, 11) is 0. The molecule has 0 saturated carbocycles. The number of hydrogen-bond acceptors (Lipinski definition) is 2. The van der Waals surface area contributed by atoms with Gasteiger partial charge in [0.05, 0.1) is 5.69 Å². The molecule has 2 nitrogen and oxygen atoms in total. The van der Waals surface area contributed by atoms with Crippen LogP contribution in [0.4, 0.5) is 0 Å². The summed E-state index contributed by atoms with van der Waals surface area (Å²) in [6.07, 6.45) is 2.81. The van der Waals surface area contributed by atoms with E-state index in [1.54, 1.807) is 0 Å². The normalized spacial score (nSPS) is 11.3. The van der Waals surface area contributed by atoms with Crippen molar-refractivity contribution in [2.24, 2.45) is 0 Å². The van der Waals surface area contributed by atoms with E-state index in [0.29, 0.717) is 0 Å². The van der Waals surface area contributed by atoms with E-state index in [1.165, 1.54) is 16.7 Å². The molecule has 0 bridgehead atoms. The summed E-state index contributed by atoms with van der Waals surface area (Å²) in [6, 6.07) is 27.4. The number of aromatic nitrogens is 1. The third-order valence-corrected chi connectivity index (χ3v) is 5.00. The van der Waals surface area contributed by atoms with Gasteiger partial charge in [0, 0.05) is 22.5 Å². The van der Waals surface area contributed by atoms with Crippen LogP contribution in [-0.4, -0.2) is 4.98 Å². The van der Waals surface area contributed by atoms with Crippen molar-refractivity contribution < 1.29 is 4.42 Å². The van der Waals surface area contributed by atoms with Crippen LogP contribution >= 0.6 is 0 Å². The van der Waals surface area contributed by atoms with E-state index in [-0.39, 0.29) is 0 Å². The van der Waals surface area contributed by atoms with Gasteiger partial charge in [0.1, 0.15) is 11.2 Å². The van der Waals surface area contributed by atoms with E-state index < -0.39 is 0 Å². The first-order valence-corrected chi connectivity index (χ1v) is 9.18. The zero-order chi connectivity index (χ0) is 18.2. The van der Waals surface area contributed by atoms with Gasteiger partial charge in [-0.2, -0.15) is 0 Å². The number of rotatable bonds is 3. The second-order valence-corrected chi connectivity index (χ2v) is 7.02. The van der Waals surface area contributed by atoms with Gasteiger partial charge in [0.2, 0.25) is 0 Å². The summed E-state index contributed by atoms with van der Waals surface area (Å²) in [6.45, 7) is 2.11. The molecule has 130 valence electrons.